The Morgan fingerprint density at radius 2 is 1.83 bits per heavy atom. The lowest BCUT2D eigenvalue weighted by Gasteiger charge is -2.25. The molecule has 4 heteroatoms. The molecule has 0 aromatic rings. The van der Waals surface area contributed by atoms with Gasteiger partial charge in [-0.1, -0.05) is 13.8 Å². The quantitative estimate of drug-likeness (QED) is 0.736. The fraction of sp³-hybridized carbons (Fsp3) is 0.929. The lowest BCUT2D eigenvalue weighted by Crippen LogP contribution is -2.42. The molecule has 1 unspecified atom stereocenters. The second kappa shape index (κ2) is 7.10. The Labute approximate surface area is 111 Å². The fourth-order valence-electron chi connectivity index (χ4n) is 1.31. The number of nitrogens with one attached hydrogen (secondary N) is 1. The molecule has 2 N–H and O–H groups in total. The Bertz CT molecular complexity index is 254. The fourth-order valence-corrected chi connectivity index (χ4v) is 1.31. The number of aliphatic hydroxyl groups is 1. The van der Waals surface area contributed by atoms with Gasteiger partial charge in [0.25, 0.3) is 0 Å². The van der Waals surface area contributed by atoms with Crippen molar-refractivity contribution >= 4 is 5.91 Å². The van der Waals surface area contributed by atoms with Crippen LogP contribution < -0.4 is 5.32 Å². The lowest BCUT2D eigenvalue weighted by atomic mass is 9.95. The minimum Gasteiger partial charge on any atom is -0.388 e. The average Bonchev–Trinajstić information content (AvgIpc) is 2.20. The smallest absolute Gasteiger partial charge is 0.246 e. The number of carbonyl (C=O) groups is 1. The van der Waals surface area contributed by atoms with E-state index in [0.717, 1.165) is 6.42 Å². The highest BCUT2D eigenvalue weighted by Gasteiger charge is 2.22. The Morgan fingerprint density at radius 3 is 2.28 bits per heavy atom. The molecule has 0 saturated carbocycles. The molecule has 0 spiro atoms. The van der Waals surface area contributed by atoms with Gasteiger partial charge in [-0.05, 0) is 46.5 Å². The lowest BCUT2D eigenvalue weighted by molar-refractivity contribution is -0.131. The second-order valence-corrected chi connectivity index (χ2v) is 6.61. The van der Waals surface area contributed by atoms with Gasteiger partial charge in [0.1, 0.15) is 6.61 Å². The molecule has 4 nitrogen and oxygen atoms in total. The van der Waals surface area contributed by atoms with Crippen molar-refractivity contribution in [1.82, 2.24) is 5.32 Å². The van der Waals surface area contributed by atoms with Gasteiger partial charge in [0, 0.05) is 6.54 Å². The van der Waals surface area contributed by atoms with Gasteiger partial charge in [0.15, 0.2) is 0 Å². The number of hydrogen-bond acceptors (Lipinski definition) is 3. The van der Waals surface area contributed by atoms with Gasteiger partial charge in [-0.3, -0.25) is 4.79 Å². The van der Waals surface area contributed by atoms with Crippen LogP contribution in [0.3, 0.4) is 0 Å². The van der Waals surface area contributed by atoms with E-state index >= 15 is 0 Å². The summed E-state index contributed by atoms with van der Waals surface area (Å²) < 4.78 is 5.36. The van der Waals surface area contributed by atoms with Crippen molar-refractivity contribution < 1.29 is 14.6 Å². The van der Waals surface area contributed by atoms with E-state index in [1.807, 2.05) is 20.8 Å². The third-order valence-corrected chi connectivity index (χ3v) is 2.56. The molecule has 0 rings (SSSR count). The van der Waals surface area contributed by atoms with Crippen LogP contribution in [-0.2, 0) is 9.53 Å². The highest BCUT2D eigenvalue weighted by molar-refractivity contribution is 5.77. The maximum Gasteiger partial charge on any atom is 0.246 e. The molecular weight excluding hydrogens is 230 g/mol. The molecule has 1 atom stereocenters. The van der Waals surface area contributed by atoms with E-state index in [2.05, 4.69) is 19.2 Å². The van der Waals surface area contributed by atoms with Gasteiger partial charge < -0.3 is 15.2 Å². The van der Waals surface area contributed by atoms with Gasteiger partial charge in [-0.25, -0.2) is 0 Å². The molecule has 0 fully saturated rings. The normalized spacial score (nSPS) is 15.6. The summed E-state index contributed by atoms with van der Waals surface area (Å²) in [5, 5.41) is 12.8. The molecule has 0 radical (unpaired) electrons. The van der Waals surface area contributed by atoms with E-state index in [0.29, 0.717) is 12.3 Å². The van der Waals surface area contributed by atoms with Crippen LogP contribution in [0.25, 0.3) is 0 Å². The first kappa shape index (κ1) is 17.4. The van der Waals surface area contributed by atoms with E-state index in [1.165, 1.54) is 0 Å². The molecule has 0 aromatic carbocycles. The van der Waals surface area contributed by atoms with Crippen molar-refractivity contribution in [1.29, 1.82) is 0 Å². The molecule has 0 aliphatic carbocycles. The second-order valence-electron chi connectivity index (χ2n) is 6.61. The minimum absolute atomic E-state index is 0.0315. The number of hydrogen-bond donors (Lipinski definition) is 2. The molecule has 0 aromatic heterocycles. The van der Waals surface area contributed by atoms with Crippen molar-refractivity contribution in [2.24, 2.45) is 5.92 Å². The van der Waals surface area contributed by atoms with Gasteiger partial charge >= 0.3 is 0 Å². The van der Waals surface area contributed by atoms with Crippen LogP contribution in [0.5, 0.6) is 0 Å². The van der Waals surface area contributed by atoms with E-state index in [4.69, 9.17) is 4.74 Å². The maximum atomic E-state index is 11.5. The van der Waals surface area contributed by atoms with Gasteiger partial charge in [-0.15, -0.1) is 0 Å². The first-order valence-corrected chi connectivity index (χ1v) is 6.65. The van der Waals surface area contributed by atoms with Crippen LogP contribution in [0, 0.1) is 5.92 Å². The molecule has 0 heterocycles. The van der Waals surface area contributed by atoms with Crippen LogP contribution in [0.2, 0.25) is 0 Å². The Kier molecular flexibility index (Phi) is 6.86. The van der Waals surface area contributed by atoms with Crippen LogP contribution >= 0.6 is 0 Å². The number of ether oxygens (including phenoxy) is 1. The third-order valence-electron chi connectivity index (χ3n) is 2.56. The Morgan fingerprint density at radius 1 is 1.28 bits per heavy atom. The van der Waals surface area contributed by atoms with Crippen molar-refractivity contribution in [3.63, 3.8) is 0 Å². The molecule has 18 heavy (non-hydrogen) atoms. The summed E-state index contributed by atoms with van der Waals surface area (Å²) in [6.07, 6.45) is 1.63. The summed E-state index contributed by atoms with van der Waals surface area (Å²) in [5.74, 6) is 0.367. The zero-order chi connectivity index (χ0) is 14.4. The standard InChI is InChI=1S/C14H29NO3/c1-11(2)7-8-14(6,17)10-15-12(16)9-18-13(3,4)5/h11,17H,7-10H2,1-6H3,(H,15,16). The number of carbonyl (C=O) groups excluding carboxylic acids is 1. The molecule has 1 amide bonds. The molecule has 108 valence electrons. The first-order valence-electron chi connectivity index (χ1n) is 6.65. The van der Waals surface area contributed by atoms with Crippen LogP contribution in [-0.4, -0.2) is 35.4 Å². The topological polar surface area (TPSA) is 58.6 Å². The summed E-state index contributed by atoms with van der Waals surface area (Å²) in [6.45, 7) is 12.0. The predicted octanol–water partition coefficient (Wildman–Crippen LogP) is 2.10. The summed E-state index contributed by atoms with van der Waals surface area (Å²) in [5.41, 5.74) is -1.17. The maximum absolute atomic E-state index is 11.5. The van der Waals surface area contributed by atoms with E-state index in [1.54, 1.807) is 6.92 Å². The summed E-state index contributed by atoms with van der Waals surface area (Å²) in [7, 11) is 0. The summed E-state index contributed by atoms with van der Waals surface area (Å²) in [6, 6.07) is 0. The Balaban J connectivity index is 3.89. The predicted molar refractivity (Wildman–Crippen MR) is 73.4 cm³/mol. The minimum atomic E-state index is -0.846. The molecule has 0 aliphatic rings. The average molecular weight is 259 g/mol. The van der Waals surface area contributed by atoms with Crippen molar-refractivity contribution in [3.05, 3.63) is 0 Å². The molecule has 0 aliphatic heterocycles. The van der Waals surface area contributed by atoms with Gasteiger partial charge in [0.2, 0.25) is 5.91 Å². The zero-order valence-corrected chi connectivity index (χ0v) is 12.7. The van der Waals surface area contributed by atoms with Crippen molar-refractivity contribution in [3.8, 4) is 0 Å². The van der Waals surface area contributed by atoms with Gasteiger partial charge in [-0.2, -0.15) is 0 Å². The first-order chi connectivity index (χ1) is 8.02. The molecule has 0 saturated heterocycles. The monoisotopic (exact) mass is 259 g/mol. The van der Waals surface area contributed by atoms with Crippen LogP contribution in [0.4, 0.5) is 0 Å². The Hall–Kier alpha value is -0.610. The zero-order valence-electron chi connectivity index (χ0n) is 12.7. The molecule has 0 bridgehead atoms. The van der Waals surface area contributed by atoms with Crippen LogP contribution in [0.1, 0.15) is 54.4 Å². The SMILES string of the molecule is CC(C)CCC(C)(O)CNC(=O)COC(C)(C)C. The molecular formula is C14H29NO3. The van der Waals surface area contributed by atoms with E-state index < -0.39 is 5.60 Å². The largest absolute Gasteiger partial charge is 0.388 e. The van der Waals surface area contributed by atoms with Crippen molar-refractivity contribution in [2.75, 3.05) is 13.2 Å². The van der Waals surface area contributed by atoms with Crippen LogP contribution in [0.15, 0.2) is 0 Å². The summed E-state index contributed by atoms with van der Waals surface area (Å²) >= 11 is 0. The van der Waals surface area contributed by atoms with E-state index in [9.17, 15) is 9.90 Å². The van der Waals surface area contributed by atoms with Gasteiger partial charge in [0.05, 0.1) is 11.2 Å². The number of rotatable bonds is 7. The third kappa shape index (κ3) is 10.5. The number of amides is 1. The highest BCUT2D eigenvalue weighted by Crippen LogP contribution is 2.15. The van der Waals surface area contributed by atoms with Crippen molar-refractivity contribution in [2.45, 2.75) is 65.6 Å². The summed E-state index contributed by atoms with van der Waals surface area (Å²) in [4.78, 5) is 11.5. The highest BCUT2D eigenvalue weighted by atomic mass is 16.5. The van der Waals surface area contributed by atoms with E-state index in [-0.39, 0.29) is 24.7 Å².